The van der Waals surface area contributed by atoms with Crippen LogP contribution >= 0.6 is 0 Å². The Balaban J connectivity index is 2.05. The van der Waals surface area contributed by atoms with Crippen molar-refractivity contribution < 1.29 is 31.5 Å². The van der Waals surface area contributed by atoms with Gasteiger partial charge in [-0.25, -0.2) is 13.2 Å². The highest BCUT2D eigenvalue weighted by molar-refractivity contribution is 7.89. The number of hydrogen-bond donors (Lipinski definition) is 1. The second-order valence-corrected chi connectivity index (χ2v) is 9.30. The topological polar surface area (TPSA) is 74.7 Å². The second-order valence-electron chi connectivity index (χ2n) is 7.41. The fraction of sp³-hybridized carbons (Fsp3) is 0.208. The number of sulfonamides is 1. The predicted molar refractivity (Wildman–Crippen MR) is 117 cm³/mol. The normalized spacial score (nSPS) is 13.1. The van der Waals surface area contributed by atoms with E-state index in [1.807, 2.05) is 6.92 Å². The highest BCUT2D eigenvalue weighted by atomic mass is 32.2. The Morgan fingerprint density at radius 3 is 2.00 bits per heavy atom. The van der Waals surface area contributed by atoms with E-state index >= 15 is 0 Å². The summed E-state index contributed by atoms with van der Waals surface area (Å²) in [5.74, 6) is -1.11. The van der Waals surface area contributed by atoms with E-state index in [1.165, 1.54) is 28.6 Å². The van der Waals surface area contributed by atoms with E-state index in [0.717, 1.165) is 29.8 Å². The maximum atomic E-state index is 13.6. The van der Waals surface area contributed by atoms with Gasteiger partial charge in [-0.1, -0.05) is 49.4 Å². The Morgan fingerprint density at radius 1 is 0.939 bits per heavy atom. The zero-order chi connectivity index (χ0) is 24.2. The standard InChI is InChI=1S/C24H22F3NO4S/c1-2-22(18-6-4-3-5-7-18)28(16-17-8-10-19(11-9-17)23(29)30)33(31,32)21-14-12-20(13-15-21)24(25,26)27/h3-15,22H,2,16H2,1H3,(H,29,30)/t22-/m0/s1. The maximum Gasteiger partial charge on any atom is 0.416 e. The van der Waals surface area contributed by atoms with Crippen LogP contribution in [0.3, 0.4) is 0 Å². The van der Waals surface area contributed by atoms with E-state index in [0.29, 0.717) is 12.0 Å². The minimum atomic E-state index is -4.58. The van der Waals surface area contributed by atoms with Gasteiger partial charge in [-0.05, 0) is 53.9 Å². The summed E-state index contributed by atoms with van der Waals surface area (Å²) in [5.41, 5.74) is 0.404. The van der Waals surface area contributed by atoms with Crippen LogP contribution in [0.1, 0.15) is 46.4 Å². The SMILES string of the molecule is CC[C@@H](c1ccccc1)N(Cc1ccc(C(=O)O)cc1)S(=O)(=O)c1ccc(C(F)(F)F)cc1. The summed E-state index contributed by atoms with van der Waals surface area (Å²) in [6.07, 6.45) is -4.17. The van der Waals surface area contributed by atoms with Crippen molar-refractivity contribution in [3.8, 4) is 0 Å². The molecule has 33 heavy (non-hydrogen) atoms. The first-order chi connectivity index (χ1) is 15.5. The molecule has 3 rings (SSSR count). The molecular formula is C24H22F3NO4S. The average Bonchev–Trinajstić information content (AvgIpc) is 2.79. The fourth-order valence-electron chi connectivity index (χ4n) is 3.53. The first kappa shape index (κ1) is 24.5. The minimum absolute atomic E-state index is 0.0611. The van der Waals surface area contributed by atoms with Crippen LogP contribution < -0.4 is 0 Å². The quantitative estimate of drug-likeness (QED) is 0.449. The molecule has 0 fully saturated rings. The Kier molecular flexibility index (Phi) is 7.24. The van der Waals surface area contributed by atoms with Crippen LogP contribution in [0.25, 0.3) is 0 Å². The zero-order valence-corrected chi connectivity index (χ0v) is 18.5. The predicted octanol–water partition coefficient (Wildman–Crippen LogP) is 5.75. The van der Waals surface area contributed by atoms with E-state index in [9.17, 15) is 26.4 Å². The number of aromatic carboxylic acids is 1. The molecule has 0 bridgehead atoms. The van der Waals surface area contributed by atoms with Gasteiger partial charge in [0.15, 0.2) is 0 Å². The largest absolute Gasteiger partial charge is 0.478 e. The van der Waals surface area contributed by atoms with Crippen molar-refractivity contribution in [2.75, 3.05) is 0 Å². The van der Waals surface area contributed by atoms with Gasteiger partial charge >= 0.3 is 12.1 Å². The van der Waals surface area contributed by atoms with Crippen LogP contribution in [0, 0.1) is 0 Å². The van der Waals surface area contributed by atoms with Gasteiger partial charge < -0.3 is 5.11 Å². The third-order valence-electron chi connectivity index (χ3n) is 5.25. The lowest BCUT2D eigenvalue weighted by molar-refractivity contribution is -0.137. The number of carboxylic acid groups (broad SMARTS) is 1. The number of carbonyl (C=O) groups is 1. The molecule has 0 spiro atoms. The van der Waals surface area contributed by atoms with Crippen molar-refractivity contribution in [2.24, 2.45) is 0 Å². The number of rotatable bonds is 8. The molecule has 174 valence electrons. The smallest absolute Gasteiger partial charge is 0.416 e. The molecule has 0 aliphatic rings. The number of benzene rings is 3. The van der Waals surface area contributed by atoms with E-state index in [4.69, 9.17) is 5.11 Å². The molecule has 0 heterocycles. The molecule has 0 saturated heterocycles. The average molecular weight is 478 g/mol. The van der Waals surface area contributed by atoms with Gasteiger partial charge in [0.05, 0.1) is 22.1 Å². The second kappa shape index (κ2) is 9.76. The van der Waals surface area contributed by atoms with Crippen molar-refractivity contribution in [3.63, 3.8) is 0 Å². The first-order valence-electron chi connectivity index (χ1n) is 10.1. The van der Waals surface area contributed by atoms with Crippen molar-refractivity contribution >= 4 is 16.0 Å². The van der Waals surface area contributed by atoms with Crippen LogP contribution in [-0.4, -0.2) is 23.8 Å². The summed E-state index contributed by atoms with van der Waals surface area (Å²) >= 11 is 0. The molecule has 5 nitrogen and oxygen atoms in total. The maximum absolute atomic E-state index is 13.6. The Morgan fingerprint density at radius 2 is 1.52 bits per heavy atom. The lowest BCUT2D eigenvalue weighted by Gasteiger charge is -2.31. The summed E-state index contributed by atoms with van der Waals surface area (Å²) in [6, 6.07) is 17.6. The molecule has 0 aliphatic carbocycles. The third-order valence-corrected chi connectivity index (χ3v) is 7.12. The molecule has 9 heteroatoms. The highest BCUT2D eigenvalue weighted by Crippen LogP contribution is 2.34. The molecule has 0 aliphatic heterocycles. The molecule has 0 amide bonds. The molecule has 3 aromatic carbocycles. The van der Waals surface area contributed by atoms with Crippen LogP contribution in [0.5, 0.6) is 0 Å². The lowest BCUT2D eigenvalue weighted by Crippen LogP contribution is -2.34. The molecule has 0 unspecified atom stereocenters. The summed E-state index contributed by atoms with van der Waals surface area (Å²) in [4.78, 5) is 10.9. The number of carboxylic acids is 1. The molecule has 0 radical (unpaired) electrons. The molecule has 1 N–H and O–H groups in total. The van der Waals surface area contributed by atoms with Crippen molar-refractivity contribution in [2.45, 2.75) is 37.0 Å². The van der Waals surface area contributed by atoms with Gasteiger partial charge in [-0.3, -0.25) is 0 Å². The van der Waals surface area contributed by atoms with Crippen LogP contribution in [-0.2, 0) is 22.7 Å². The summed E-state index contributed by atoms with van der Waals surface area (Å²) in [5, 5.41) is 9.10. The van der Waals surface area contributed by atoms with Crippen LogP contribution in [0.4, 0.5) is 13.2 Å². The van der Waals surface area contributed by atoms with Crippen molar-refractivity contribution in [3.05, 3.63) is 101 Å². The Labute approximate surface area is 190 Å². The summed E-state index contributed by atoms with van der Waals surface area (Å²) in [6.45, 7) is 1.73. The van der Waals surface area contributed by atoms with E-state index in [2.05, 4.69) is 0 Å². The van der Waals surface area contributed by atoms with Crippen LogP contribution in [0.2, 0.25) is 0 Å². The van der Waals surface area contributed by atoms with E-state index in [-0.39, 0.29) is 17.0 Å². The van der Waals surface area contributed by atoms with Gasteiger partial charge in [0.2, 0.25) is 10.0 Å². The number of alkyl halides is 3. The molecule has 1 atom stereocenters. The van der Waals surface area contributed by atoms with E-state index < -0.39 is 33.8 Å². The molecule has 0 saturated carbocycles. The van der Waals surface area contributed by atoms with E-state index in [1.54, 1.807) is 30.3 Å². The number of hydrogen-bond acceptors (Lipinski definition) is 3. The van der Waals surface area contributed by atoms with Gasteiger partial charge in [-0.2, -0.15) is 17.5 Å². The monoisotopic (exact) mass is 477 g/mol. The first-order valence-corrected chi connectivity index (χ1v) is 11.5. The summed E-state index contributed by atoms with van der Waals surface area (Å²) in [7, 11) is -4.20. The Hall–Kier alpha value is -3.17. The lowest BCUT2D eigenvalue weighted by atomic mass is 10.0. The van der Waals surface area contributed by atoms with Gasteiger partial charge in [0, 0.05) is 6.54 Å². The van der Waals surface area contributed by atoms with Crippen molar-refractivity contribution in [1.29, 1.82) is 0 Å². The molecular weight excluding hydrogens is 455 g/mol. The third kappa shape index (κ3) is 5.61. The Bertz CT molecular complexity index is 1190. The number of nitrogens with zero attached hydrogens (tertiary/aromatic N) is 1. The van der Waals surface area contributed by atoms with Crippen LogP contribution in [0.15, 0.2) is 83.8 Å². The fourth-order valence-corrected chi connectivity index (χ4v) is 5.20. The van der Waals surface area contributed by atoms with Gasteiger partial charge in [0.1, 0.15) is 0 Å². The number of halogens is 3. The zero-order valence-electron chi connectivity index (χ0n) is 17.7. The molecule has 0 aromatic heterocycles. The van der Waals surface area contributed by atoms with Gasteiger partial charge in [-0.15, -0.1) is 0 Å². The van der Waals surface area contributed by atoms with Gasteiger partial charge in [0.25, 0.3) is 0 Å². The minimum Gasteiger partial charge on any atom is -0.478 e. The molecule has 3 aromatic rings. The summed E-state index contributed by atoms with van der Waals surface area (Å²) < 4.78 is 67.3. The van der Waals surface area contributed by atoms with Crippen molar-refractivity contribution in [1.82, 2.24) is 4.31 Å². The highest BCUT2D eigenvalue weighted by Gasteiger charge is 2.34.